The van der Waals surface area contributed by atoms with Crippen molar-refractivity contribution in [1.29, 1.82) is 0 Å². The number of hydrogen-bond donors (Lipinski definition) is 10. The molecule has 0 saturated heterocycles. The highest BCUT2D eigenvalue weighted by Crippen LogP contribution is 2.14. The van der Waals surface area contributed by atoms with Crippen LogP contribution in [0.4, 0.5) is 0 Å². The van der Waals surface area contributed by atoms with Crippen LogP contribution >= 0.6 is 0 Å². The molecule has 1 aromatic rings. The van der Waals surface area contributed by atoms with E-state index in [0.717, 1.165) is 5.56 Å². The Morgan fingerprint density at radius 2 is 0.897 bits per heavy atom. The second-order valence-electron chi connectivity index (χ2n) is 15.1. The quantitative estimate of drug-likeness (QED) is 0.0468. The summed E-state index contributed by atoms with van der Waals surface area (Å²) in [6, 6.07) is 2.88. The van der Waals surface area contributed by atoms with E-state index in [0.29, 0.717) is 71.0 Å². The molecule has 0 spiro atoms. The third-order valence-electron chi connectivity index (χ3n) is 10.3. The number of amides is 7. The predicted octanol–water partition coefficient (Wildman–Crippen LogP) is 0.122. The molecular weight excluding hydrogens is 745 g/mol. The molecule has 8 atom stereocenters. The van der Waals surface area contributed by atoms with E-state index in [1.54, 1.807) is 13.8 Å². The molecule has 0 aliphatic rings. The maximum Gasteiger partial charge on any atom is 0.243 e. The molecule has 0 aromatic heterocycles. The molecule has 0 aliphatic heterocycles. The topological polar surface area (TPSA) is 296 Å². The Kier molecular flexibility index (Phi) is 25.5. The molecule has 0 saturated carbocycles. The first-order valence-electron chi connectivity index (χ1n) is 20.9. The summed E-state index contributed by atoms with van der Waals surface area (Å²) in [7, 11) is 0. The van der Waals surface area contributed by atoms with Crippen molar-refractivity contribution in [1.82, 2.24) is 31.9 Å². The Labute approximate surface area is 344 Å². The van der Waals surface area contributed by atoms with Gasteiger partial charge in [-0.05, 0) is 94.8 Å². The molecule has 1 aromatic carbocycles. The first kappa shape index (κ1) is 51.4. The van der Waals surface area contributed by atoms with Gasteiger partial charge in [-0.2, -0.15) is 0 Å². The first-order valence-corrected chi connectivity index (χ1v) is 20.9. The van der Waals surface area contributed by atoms with E-state index in [1.165, 1.54) is 6.92 Å². The Hall–Kier alpha value is -4.61. The van der Waals surface area contributed by atoms with Crippen molar-refractivity contribution in [3.8, 4) is 0 Å². The lowest BCUT2D eigenvalue weighted by atomic mass is 9.96. The molecule has 7 amide bonds. The van der Waals surface area contributed by atoms with Gasteiger partial charge in [0.25, 0.3) is 0 Å². The van der Waals surface area contributed by atoms with E-state index < -0.39 is 83.5 Å². The molecule has 0 heterocycles. The van der Waals surface area contributed by atoms with E-state index in [1.807, 2.05) is 44.2 Å². The Morgan fingerprint density at radius 3 is 1.29 bits per heavy atom. The van der Waals surface area contributed by atoms with Gasteiger partial charge in [-0.1, -0.05) is 70.9 Å². The van der Waals surface area contributed by atoms with Crippen molar-refractivity contribution >= 4 is 41.4 Å². The average molecular weight is 817 g/mol. The SMILES string of the molecule is CC[C@H](C)[C@H](NC(=O)[C@H](CCCCN)NC(=O)[C@@H](NC(=O)[C@H](CCCCN)NC(=O)[C@H](CCCCN)NC(=O)[C@H](Cc1ccccc1)NC(C)=O)[C@@H](C)CC)C(N)=O. The molecule has 328 valence electrons. The fraction of sp³-hybridized carbons (Fsp3) is 0.683. The summed E-state index contributed by atoms with van der Waals surface area (Å²) in [5.41, 5.74) is 23.6. The fourth-order valence-electron chi connectivity index (χ4n) is 6.33. The summed E-state index contributed by atoms with van der Waals surface area (Å²) >= 11 is 0. The van der Waals surface area contributed by atoms with Crippen LogP contribution in [0.25, 0.3) is 0 Å². The number of nitrogens with one attached hydrogen (secondary N) is 6. The minimum absolute atomic E-state index is 0.184. The molecule has 0 unspecified atom stereocenters. The van der Waals surface area contributed by atoms with Gasteiger partial charge in [0.15, 0.2) is 0 Å². The van der Waals surface area contributed by atoms with Crippen LogP contribution in [0.3, 0.4) is 0 Å². The van der Waals surface area contributed by atoms with Crippen molar-refractivity contribution in [3.05, 3.63) is 35.9 Å². The van der Waals surface area contributed by atoms with Crippen LogP contribution in [0.2, 0.25) is 0 Å². The zero-order valence-corrected chi connectivity index (χ0v) is 35.3. The van der Waals surface area contributed by atoms with Gasteiger partial charge in [0.2, 0.25) is 41.4 Å². The van der Waals surface area contributed by atoms with Crippen LogP contribution in [0.15, 0.2) is 30.3 Å². The molecule has 0 fully saturated rings. The number of hydrogen-bond acceptors (Lipinski definition) is 10. The molecule has 0 radical (unpaired) electrons. The molecule has 58 heavy (non-hydrogen) atoms. The van der Waals surface area contributed by atoms with E-state index in [2.05, 4.69) is 31.9 Å². The van der Waals surface area contributed by atoms with Gasteiger partial charge in [0, 0.05) is 13.3 Å². The van der Waals surface area contributed by atoms with Crippen LogP contribution in [-0.4, -0.2) is 97.2 Å². The number of primary amides is 1. The largest absolute Gasteiger partial charge is 0.368 e. The van der Waals surface area contributed by atoms with E-state index in [9.17, 15) is 33.6 Å². The van der Waals surface area contributed by atoms with E-state index in [4.69, 9.17) is 22.9 Å². The molecule has 17 heteroatoms. The highest BCUT2D eigenvalue weighted by atomic mass is 16.2. The standard InChI is InChI=1S/C41H72N10O7/c1-6-26(3)34(36(45)53)50-38(55)32(21-13-16-24-44)49-41(58)35(27(4)7-2)51-39(56)31(20-12-15-23-43)47-37(54)30(19-11-14-22-42)48-40(57)33(46-28(5)52)25-29-17-9-8-10-18-29/h8-10,17-18,26-27,30-35H,6-7,11-16,19-25,42-44H2,1-5H3,(H2,45,53)(H,46,52)(H,47,54)(H,48,57)(H,49,58)(H,50,55)(H,51,56)/t26-,27-,30-,31-,32-,33-,34-,35-/m0/s1. The molecule has 14 N–H and O–H groups in total. The maximum atomic E-state index is 14.1. The van der Waals surface area contributed by atoms with Gasteiger partial charge < -0.3 is 54.8 Å². The number of carbonyl (C=O) groups excluding carboxylic acids is 7. The predicted molar refractivity (Wildman–Crippen MR) is 224 cm³/mol. The lowest BCUT2D eigenvalue weighted by Crippen LogP contribution is -2.61. The minimum atomic E-state index is -1.11. The van der Waals surface area contributed by atoms with Gasteiger partial charge in [-0.3, -0.25) is 33.6 Å². The smallest absolute Gasteiger partial charge is 0.243 e. The maximum absolute atomic E-state index is 14.1. The first-order chi connectivity index (χ1) is 27.6. The Morgan fingerprint density at radius 1 is 0.517 bits per heavy atom. The number of benzene rings is 1. The average Bonchev–Trinajstić information content (AvgIpc) is 3.19. The van der Waals surface area contributed by atoms with Gasteiger partial charge in [0.05, 0.1) is 0 Å². The number of unbranched alkanes of at least 4 members (excludes halogenated alkanes) is 3. The molecular formula is C41H72N10O7. The van der Waals surface area contributed by atoms with Crippen molar-refractivity contribution in [2.75, 3.05) is 19.6 Å². The summed E-state index contributed by atoms with van der Waals surface area (Å²) in [6.07, 6.45) is 5.09. The minimum Gasteiger partial charge on any atom is -0.368 e. The zero-order valence-electron chi connectivity index (χ0n) is 35.3. The van der Waals surface area contributed by atoms with E-state index >= 15 is 0 Å². The van der Waals surface area contributed by atoms with Gasteiger partial charge in [-0.25, -0.2) is 0 Å². The third-order valence-corrected chi connectivity index (χ3v) is 10.3. The highest BCUT2D eigenvalue weighted by molar-refractivity contribution is 5.97. The Balaban J connectivity index is 3.37. The molecule has 0 bridgehead atoms. The number of rotatable bonds is 30. The monoisotopic (exact) mass is 817 g/mol. The van der Waals surface area contributed by atoms with Crippen LogP contribution in [0.1, 0.15) is 111 Å². The number of nitrogens with two attached hydrogens (primary N) is 4. The summed E-state index contributed by atoms with van der Waals surface area (Å²) < 4.78 is 0. The van der Waals surface area contributed by atoms with Crippen LogP contribution < -0.4 is 54.8 Å². The summed E-state index contributed by atoms with van der Waals surface area (Å²) in [4.78, 5) is 93.4. The van der Waals surface area contributed by atoms with E-state index in [-0.39, 0.29) is 31.6 Å². The van der Waals surface area contributed by atoms with Crippen LogP contribution in [-0.2, 0) is 40.0 Å². The molecule has 17 nitrogen and oxygen atoms in total. The van der Waals surface area contributed by atoms with Crippen LogP contribution in [0, 0.1) is 11.8 Å². The normalized spacial score (nSPS) is 15.2. The highest BCUT2D eigenvalue weighted by Gasteiger charge is 2.35. The Bertz CT molecular complexity index is 1430. The fourth-order valence-corrected chi connectivity index (χ4v) is 6.33. The zero-order chi connectivity index (χ0) is 43.6. The molecule has 0 aliphatic carbocycles. The summed E-state index contributed by atoms with van der Waals surface area (Å²) in [5, 5.41) is 16.6. The second kappa shape index (κ2) is 28.7. The van der Waals surface area contributed by atoms with Crippen molar-refractivity contribution in [3.63, 3.8) is 0 Å². The summed E-state index contributed by atoms with van der Waals surface area (Å²) in [5.74, 6) is -4.77. The second-order valence-corrected chi connectivity index (χ2v) is 15.1. The molecule has 1 rings (SSSR count). The van der Waals surface area contributed by atoms with Crippen LogP contribution in [0.5, 0.6) is 0 Å². The van der Waals surface area contributed by atoms with Crippen molar-refractivity contribution in [2.45, 2.75) is 148 Å². The number of carbonyl (C=O) groups is 7. The lowest BCUT2D eigenvalue weighted by Gasteiger charge is -2.30. The van der Waals surface area contributed by atoms with Gasteiger partial charge in [0.1, 0.15) is 36.3 Å². The summed E-state index contributed by atoms with van der Waals surface area (Å²) in [6.45, 7) is 9.70. The lowest BCUT2D eigenvalue weighted by molar-refractivity contribution is -0.136. The van der Waals surface area contributed by atoms with Gasteiger partial charge in [-0.15, -0.1) is 0 Å². The van der Waals surface area contributed by atoms with Crippen molar-refractivity contribution in [2.24, 2.45) is 34.8 Å². The van der Waals surface area contributed by atoms with Crippen molar-refractivity contribution < 1.29 is 33.6 Å². The third kappa shape index (κ3) is 19.2. The van der Waals surface area contributed by atoms with Gasteiger partial charge >= 0.3 is 0 Å².